The third kappa shape index (κ3) is 2.92. The molecule has 0 aromatic heterocycles. The number of dihydropyridines is 1. The lowest BCUT2D eigenvalue weighted by atomic mass is 10.1. The first-order valence-corrected chi connectivity index (χ1v) is 5.51. The van der Waals surface area contributed by atoms with Crippen LogP contribution in [0.2, 0.25) is 0 Å². The van der Waals surface area contributed by atoms with E-state index in [9.17, 15) is 0 Å². The Labute approximate surface area is 83.8 Å². The minimum absolute atomic E-state index is 0.268. The average Bonchev–Trinajstić information content (AvgIpc) is 2.16. The normalized spacial score (nSPS) is 21.8. The second-order valence-electron chi connectivity index (χ2n) is 2.92. The van der Waals surface area contributed by atoms with Crippen LogP contribution in [-0.4, -0.2) is 23.9 Å². The van der Waals surface area contributed by atoms with Gasteiger partial charge in [-0.05, 0) is 25.2 Å². The Hall–Kier alpha value is -0.700. The van der Waals surface area contributed by atoms with E-state index >= 15 is 0 Å². The highest BCUT2D eigenvalue weighted by molar-refractivity contribution is 8.13. The van der Waals surface area contributed by atoms with Gasteiger partial charge in [0.1, 0.15) is 6.61 Å². The van der Waals surface area contributed by atoms with Gasteiger partial charge in [-0.15, -0.1) is 11.8 Å². The maximum Gasteiger partial charge on any atom is 0.110 e. The molecule has 0 spiro atoms. The van der Waals surface area contributed by atoms with Gasteiger partial charge < -0.3 is 4.74 Å². The van der Waals surface area contributed by atoms with Gasteiger partial charge in [-0.2, -0.15) is 0 Å². The van der Waals surface area contributed by atoms with Gasteiger partial charge >= 0.3 is 0 Å². The lowest BCUT2D eigenvalue weighted by Gasteiger charge is -2.17. The van der Waals surface area contributed by atoms with E-state index < -0.39 is 0 Å². The molecule has 1 aliphatic heterocycles. The molecule has 2 nitrogen and oxygen atoms in total. The van der Waals surface area contributed by atoms with Crippen LogP contribution >= 0.6 is 11.8 Å². The smallest absolute Gasteiger partial charge is 0.110 e. The topological polar surface area (TPSA) is 21.6 Å². The highest BCUT2D eigenvalue weighted by Gasteiger charge is 2.13. The molecule has 1 rings (SSSR count). The molecule has 0 aromatic carbocycles. The molecule has 0 fully saturated rings. The van der Waals surface area contributed by atoms with Crippen molar-refractivity contribution >= 4 is 16.8 Å². The third-order valence-electron chi connectivity index (χ3n) is 1.93. The van der Waals surface area contributed by atoms with E-state index in [2.05, 4.69) is 24.6 Å². The molecular weight excluding hydrogens is 182 g/mol. The van der Waals surface area contributed by atoms with E-state index in [4.69, 9.17) is 4.74 Å². The molecule has 1 unspecified atom stereocenters. The van der Waals surface area contributed by atoms with E-state index in [1.807, 2.05) is 6.26 Å². The lowest BCUT2D eigenvalue weighted by Crippen LogP contribution is -2.17. The van der Waals surface area contributed by atoms with Crippen LogP contribution in [0, 0.1) is 0 Å². The standard InChI is InChI=1S/C10H15NOS/c1-4-12-7-9-6-5-8(2)10(11-9)13-3/h4-5,9H,1,6-7H2,2-3H3. The Balaban J connectivity index is 2.54. The molecule has 0 amide bonds. The molecular formula is C10H15NOS. The molecule has 1 atom stereocenters. The largest absolute Gasteiger partial charge is 0.500 e. The number of hydrogen-bond acceptors (Lipinski definition) is 3. The third-order valence-corrected chi connectivity index (χ3v) is 2.75. The zero-order valence-corrected chi connectivity index (χ0v) is 8.93. The van der Waals surface area contributed by atoms with Crippen LogP contribution in [-0.2, 0) is 4.74 Å². The van der Waals surface area contributed by atoms with Crippen molar-refractivity contribution in [1.29, 1.82) is 0 Å². The SMILES string of the molecule is C=COCC1CC=C(C)C(SC)=N1. The Morgan fingerprint density at radius 3 is 3.23 bits per heavy atom. The summed E-state index contributed by atoms with van der Waals surface area (Å²) < 4.78 is 5.12. The number of aliphatic imine (C=N–C) groups is 1. The monoisotopic (exact) mass is 197 g/mol. The van der Waals surface area contributed by atoms with Crippen molar-refractivity contribution < 1.29 is 4.74 Å². The summed E-state index contributed by atoms with van der Waals surface area (Å²) in [5, 5.41) is 1.13. The van der Waals surface area contributed by atoms with E-state index in [-0.39, 0.29) is 6.04 Å². The highest BCUT2D eigenvalue weighted by atomic mass is 32.2. The van der Waals surface area contributed by atoms with Crippen molar-refractivity contribution in [1.82, 2.24) is 0 Å². The molecule has 0 saturated carbocycles. The summed E-state index contributed by atoms with van der Waals surface area (Å²) in [6.45, 7) is 6.24. The van der Waals surface area contributed by atoms with Crippen molar-refractivity contribution in [3.05, 3.63) is 24.5 Å². The molecule has 1 heterocycles. The summed E-state index contributed by atoms with van der Waals surface area (Å²) in [5.74, 6) is 0. The number of rotatable bonds is 3. The number of ether oxygens (including phenoxy) is 1. The molecule has 1 aliphatic rings. The van der Waals surface area contributed by atoms with E-state index in [1.54, 1.807) is 11.8 Å². The summed E-state index contributed by atoms with van der Waals surface area (Å²) >= 11 is 1.69. The fourth-order valence-corrected chi connectivity index (χ4v) is 1.88. The zero-order valence-electron chi connectivity index (χ0n) is 8.12. The fraction of sp³-hybridized carbons (Fsp3) is 0.500. The minimum Gasteiger partial charge on any atom is -0.500 e. The minimum atomic E-state index is 0.268. The van der Waals surface area contributed by atoms with Gasteiger partial charge in [0, 0.05) is 0 Å². The predicted molar refractivity (Wildman–Crippen MR) is 59.3 cm³/mol. The van der Waals surface area contributed by atoms with Crippen LogP contribution in [0.1, 0.15) is 13.3 Å². The Kier molecular flexibility index (Phi) is 4.09. The van der Waals surface area contributed by atoms with Crippen LogP contribution in [0.5, 0.6) is 0 Å². The van der Waals surface area contributed by atoms with Crippen molar-refractivity contribution in [3.63, 3.8) is 0 Å². The number of thioether (sulfide) groups is 1. The summed E-state index contributed by atoms with van der Waals surface area (Å²) in [4.78, 5) is 4.56. The van der Waals surface area contributed by atoms with Gasteiger partial charge in [0.2, 0.25) is 0 Å². The van der Waals surface area contributed by atoms with Crippen molar-refractivity contribution in [2.45, 2.75) is 19.4 Å². The highest BCUT2D eigenvalue weighted by Crippen LogP contribution is 2.18. The van der Waals surface area contributed by atoms with Gasteiger partial charge in [0.25, 0.3) is 0 Å². The molecule has 0 radical (unpaired) electrons. The summed E-state index contributed by atoms with van der Waals surface area (Å²) in [7, 11) is 0. The average molecular weight is 197 g/mol. The summed E-state index contributed by atoms with van der Waals surface area (Å²) in [6, 6.07) is 0.268. The maximum absolute atomic E-state index is 5.12. The molecule has 0 saturated heterocycles. The molecule has 0 bridgehead atoms. The second kappa shape index (κ2) is 5.12. The first kappa shape index (κ1) is 10.4. The van der Waals surface area contributed by atoms with Crippen molar-refractivity contribution in [2.75, 3.05) is 12.9 Å². The Bertz CT molecular complexity index is 245. The van der Waals surface area contributed by atoms with Crippen molar-refractivity contribution in [2.24, 2.45) is 4.99 Å². The van der Waals surface area contributed by atoms with Crippen LogP contribution in [0.15, 0.2) is 29.5 Å². The molecule has 0 aliphatic carbocycles. The summed E-state index contributed by atoms with van der Waals surface area (Å²) in [5.41, 5.74) is 1.28. The second-order valence-corrected chi connectivity index (χ2v) is 3.71. The summed E-state index contributed by atoms with van der Waals surface area (Å²) in [6.07, 6.45) is 6.71. The van der Waals surface area contributed by atoms with E-state index in [1.165, 1.54) is 11.8 Å². The Morgan fingerprint density at radius 1 is 1.85 bits per heavy atom. The first-order valence-electron chi connectivity index (χ1n) is 4.29. The van der Waals surface area contributed by atoms with Gasteiger partial charge in [0.05, 0.1) is 17.3 Å². The molecule has 0 aromatic rings. The lowest BCUT2D eigenvalue weighted by molar-refractivity contribution is 0.229. The van der Waals surface area contributed by atoms with Gasteiger partial charge in [-0.25, -0.2) is 0 Å². The van der Waals surface area contributed by atoms with Crippen LogP contribution in [0.4, 0.5) is 0 Å². The van der Waals surface area contributed by atoms with Crippen LogP contribution in [0.3, 0.4) is 0 Å². The van der Waals surface area contributed by atoms with Crippen LogP contribution < -0.4 is 0 Å². The number of hydrogen-bond donors (Lipinski definition) is 0. The van der Waals surface area contributed by atoms with Crippen LogP contribution in [0.25, 0.3) is 0 Å². The first-order chi connectivity index (χ1) is 6.27. The van der Waals surface area contributed by atoms with E-state index in [0.29, 0.717) is 6.61 Å². The molecule has 0 N–H and O–H groups in total. The number of nitrogens with zero attached hydrogens (tertiary/aromatic N) is 1. The quantitative estimate of drug-likeness (QED) is 0.649. The molecule has 13 heavy (non-hydrogen) atoms. The zero-order chi connectivity index (χ0) is 9.68. The maximum atomic E-state index is 5.12. The van der Waals surface area contributed by atoms with Crippen molar-refractivity contribution in [3.8, 4) is 0 Å². The fourth-order valence-electron chi connectivity index (χ4n) is 1.22. The predicted octanol–water partition coefficient (Wildman–Crippen LogP) is 2.63. The molecule has 3 heteroatoms. The Morgan fingerprint density at radius 2 is 2.62 bits per heavy atom. The van der Waals surface area contributed by atoms with Gasteiger partial charge in [0.15, 0.2) is 0 Å². The molecule has 72 valence electrons. The van der Waals surface area contributed by atoms with E-state index in [0.717, 1.165) is 11.5 Å². The van der Waals surface area contributed by atoms with Gasteiger partial charge in [-0.1, -0.05) is 12.7 Å². The van der Waals surface area contributed by atoms with Gasteiger partial charge in [-0.3, -0.25) is 4.99 Å².